The second-order valence-corrected chi connectivity index (χ2v) is 5.52. The number of rotatable bonds is 5. The van der Waals surface area contributed by atoms with E-state index in [0.717, 1.165) is 5.56 Å². The van der Waals surface area contributed by atoms with Gasteiger partial charge in [-0.05, 0) is 31.2 Å². The molecule has 0 aromatic heterocycles. The third-order valence-electron chi connectivity index (χ3n) is 3.96. The van der Waals surface area contributed by atoms with Crippen LogP contribution in [-0.2, 0) is 10.3 Å². The normalized spacial score (nSPS) is 19.9. The molecule has 0 radical (unpaired) electrons. The predicted octanol–water partition coefficient (Wildman–Crippen LogP) is 2.02. The Balaban J connectivity index is 2.10. The zero-order chi connectivity index (χ0) is 13.2. The molecule has 2 rings (SSSR count). The molecule has 3 nitrogen and oxygen atoms in total. The van der Waals surface area contributed by atoms with E-state index >= 15 is 0 Å². The summed E-state index contributed by atoms with van der Waals surface area (Å²) in [6, 6.07) is 9.93. The average Bonchev–Trinajstić information content (AvgIpc) is 3.23. The zero-order valence-electron chi connectivity index (χ0n) is 11.1. The molecular formula is C15H22N2O. The number of carbonyl (C=O) groups excluding carboxylic acids is 1. The standard InChI is InChI=1S/C15H22N2O/c1-11(12-8-9-12)14(18)17-15(2,10-16)13-6-4-3-5-7-13/h3-7,11-12H,8-10,16H2,1-2H3,(H,17,18). The Kier molecular flexibility index (Phi) is 3.71. The summed E-state index contributed by atoms with van der Waals surface area (Å²) in [6.07, 6.45) is 2.36. The predicted molar refractivity (Wildman–Crippen MR) is 72.9 cm³/mol. The summed E-state index contributed by atoms with van der Waals surface area (Å²) in [5.74, 6) is 0.789. The van der Waals surface area contributed by atoms with Crippen molar-refractivity contribution in [2.75, 3.05) is 6.54 Å². The molecule has 2 unspecified atom stereocenters. The van der Waals surface area contributed by atoms with Crippen molar-refractivity contribution in [1.29, 1.82) is 0 Å². The van der Waals surface area contributed by atoms with Crippen LogP contribution >= 0.6 is 0 Å². The topological polar surface area (TPSA) is 55.1 Å². The Morgan fingerprint density at radius 1 is 1.44 bits per heavy atom. The summed E-state index contributed by atoms with van der Waals surface area (Å²) in [7, 11) is 0. The lowest BCUT2D eigenvalue weighted by Crippen LogP contribution is -2.50. The Labute approximate surface area is 109 Å². The van der Waals surface area contributed by atoms with E-state index in [0.29, 0.717) is 12.5 Å². The van der Waals surface area contributed by atoms with Gasteiger partial charge in [0, 0.05) is 12.5 Å². The van der Waals surface area contributed by atoms with E-state index in [1.165, 1.54) is 12.8 Å². The van der Waals surface area contributed by atoms with Gasteiger partial charge in [-0.2, -0.15) is 0 Å². The van der Waals surface area contributed by atoms with Crippen LogP contribution in [0.4, 0.5) is 0 Å². The van der Waals surface area contributed by atoms with Gasteiger partial charge in [-0.15, -0.1) is 0 Å². The Morgan fingerprint density at radius 3 is 2.56 bits per heavy atom. The van der Waals surface area contributed by atoms with Crippen LogP contribution in [0.3, 0.4) is 0 Å². The van der Waals surface area contributed by atoms with Crippen molar-refractivity contribution in [2.24, 2.45) is 17.6 Å². The Morgan fingerprint density at radius 2 is 2.06 bits per heavy atom. The summed E-state index contributed by atoms with van der Waals surface area (Å²) in [5.41, 5.74) is 6.45. The fraction of sp³-hybridized carbons (Fsp3) is 0.533. The first-order chi connectivity index (χ1) is 8.57. The SMILES string of the molecule is CC(C(=O)NC(C)(CN)c1ccccc1)C1CC1. The van der Waals surface area contributed by atoms with E-state index in [1.807, 2.05) is 44.2 Å². The number of hydrogen-bond donors (Lipinski definition) is 2. The summed E-state index contributed by atoms with van der Waals surface area (Å²) in [4.78, 5) is 12.2. The third-order valence-corrected chi connectivity index (χ3v) is 3.96. The highest BCUT2D eigenvalue weighted by Crippen LogP contribution is 2.37. The number of hydrogen-bond acceptors (Lipinski definition) is 2. The molecule has 1 fully saturated rings. The van der Waals surface area contributed by atoms with Gasteiger partial charge >= 0.3 is 0 Å². The van der Waals surface area contributed by atoms with Crippen molar-refractivity contribution in [3.05, 3.63) is 35.9 Å². The smallest absolute Gasteiger partial charge is 0.223 e. The molecule has 0 bridgehead atoms. The summed E-state index contributed by atoms with van der Waals surface area (Å²) in [5, 5.41) is 3.12. The molecule has 98 valence electrons. The van der Waals surface area contributed by atoms with Crippen LogP contribution in [0.5, 0.6) is 0 Å². The van der Waals surface area contributed by atoms with E-state index in [1.54, 1.807) is 0 Å². The number of amides is 1. The maximum atomic E-state index is 12.2. The summed E-state index contributed by atoms with van der Waals surface area (Å²) < 4.78 is 0. The van der Waals surface area contributed by atoms with Crippen LogP contribution in [0.2, 0.25) is 0 Å². The minimum absolute atomic E-state index is 0.0968. The van der Waals surface area contributed by atoms with Crippen molar-refractivity contribution in [1.82, 2.24) is 5.32 Å². The minimum Gasteiger partial charge on any atom is -0.345 e. The van der Waals surface area contributed by atoms with Crippen molar-refractivity contribution < 1.29 is 4.79 Å². The van der Waals surface area contributed by atoms with Gasteiger partial charge in [0.15, 0.2) is 0 Å². The maximum Gasteiger partial charge on any atom is 0.223 e. The fourth-order valence-electron chi connectivity index (χ4n) is 2.24. The summed E-state index contributed by atoms with van der Waals surface area (Å²) >= 11 is 0. The number of carbonyl (C=O) groups is 1. The average molecular weight is 246 g/mol. The van der Waals surface area contributed by atoms with Crippen LogP contribution in [0, 0.1) is 11.8 Å². The molecule has 0 heterocycles. The van der Waals surface area contributed by atoms with E-state index < -0.39 is 5.54 Å². The molecule has 0 saturated heterocycles. The van der Waals surface area contributed by atoms with E-state index in [4.69, 9.17) is 5.73 Å². The maximum absolute atomic E-state index is 12.2. The molecule has 18 heavy (non-hydrogen) atoms. The number of nitrogens with one attached hydrogen (secondary N) is 1. The van der Waals surface area contributed by atoms with Crippen molar-refractivity contribution in [3.8, 4) is 0 Å². The fourth-order valence-corrected chi connectivity index (χ4v) is 2.24. The van der Waals surface area contributed by atoms with Gasteiger partial charge in [-0.25, -0.2) is 0 Å². The molecule has 1 aliphatic rings. The molecule has 3 heteroatoms. The van der Waals surface area contributed by atoms with E-state index in [9.17, 15) is 4.79 Å². The van der Waals surface area contributed by atoms with Gasteiger partial charge in [-0.3, -0.25) is 4.79 Å². The van der Waals surface area contributed by atoms with Gasteiger partial charge in [-0.1, -0.05) is 37.3 Å². The highest BCUT2D eigenvalue weighted by atomic mass is 16.2. The molecule has 3 N–H and O–H groups in total. The van der Waals surface area contributed by atoms with Crippen LogP contribution in [-0.4, -0.2) is 12.5 Å². The molecule has 1 amide bonds. The van der Waals surface area contributed by atoms with Crippen molar-refractivity contribution in [2.45, 2.75) is 32.2 Å². The van der Waals surface area contributed by atoms with Gasteiger partial charge in [0.05, 0.1) is 5.54 Å². The van der Waals surface area contributed by atoms with Crippen LogP contribution in [0.15, 0.2) is 30.3 Å². The quantitative estimate of drug-likeness (QED) is 0.835. The monoisotopic (exact) mass is 246 g/mol. The first-order valence-electron chi connectivity index (χ1n) is 6.64. The Bertz CT molecular complexity index is 414. The lowest BCUT2D eigenvalue weighted by Gasteiger charge is -2.31. The molecule has 1 aromatic rings. The number of nitrogens with two attached hydrogens (primary N) is 1. The second kappa shape index (κ2) is 5.11. The highest BCUT2D eigenvalue weighted by molar-refractivity contribution is 5.80. The Hall–Kier alpha value is -1.35. The lowest BCUT2D eigenvalue weighted by molar-refractivity contribution is -0.126. The second-order valence-electron chi connectivity index (χ2n) is 5.52. The zero-order valence-corrected chi connectivity index (χ0v) is 11.1. The number of benzene rings is 1. The molecule has 2 atom stereocenters. The molecule has 0 spiro atoms. The first-order valence-corrected chi connectivity index (χ1v) is 6.64. The van der Waals surface area contributed by atoms with Crippen LogP contribution in [0.1, 0.15) is 32.3 Å². The van der Waals surface area contributed by atoms with Gasteiger partial charge in [0.25, 0.3) is 0 Å². The van der Waals surface area contributed by atoms with E-state index in [-0.39, 0.29) is 11.8 Å². The molecular weight excluding hydrogens is 224 g/mol. The summed E-state index contributed by atoms with van der Waals surface area (Å²) in [6.45, 7) is 4.40. The van der Waals surface area contributed by atoms with Crippen LogP contribution in [0.25, 0.3) is 0 Å². The largest absolute Gasteiger partial charge is 0.345 e. The molecule has 0 aliphatic heterocycles. The first kappa shape index (κ1) is 13.1. The third kappa shape index (κ3) is 2.72. The van der Waals surface area contributed by atoms with Gasteiger partial charge in [0.1, 0.15) is 0 Å². The van der Waals surface area contributed by atoms with Crippen LogP contribution < -0.4 is 11.1 Å². The lowest BCUT2D eigenvalue weighted by atomic mass is 9.91. The highest BCUT2D eigenvalue weighted by Gasteiger charge is 2.36. The molecule has 1 saturated carbocycles. The molecule has 1 aliphatic carbocycles. The molecule has 1 aromatic carbocycles. The van der Waals surface area contributed by atoms with Crippen molar-refractivity contribution in [3.63, 3.8) is 0 Å². The van der Waals surface area contributed by atoms with Gasteiger partial charge in [0.2, 0.25) is 5.91 Å². The van der Waals surface area contributed by atoms with Gasteiger partial charge < -0.3 is 11.1 Å². The van der Waals surface area contributed by atoms with E-state index in [2.05, 4.69) is 5.32 Å². The minimum atomic E-state index is -0.471. The van der Waals surface area contributed by atoms with Crippen molar-refractivity contribution >= 4 is 5.91 Å².